The zero-order valence-electron chi connectivity index (χ0n) is 16.3. The number of nitrogens with one attached hydrogen (secondary N) is 1. The van der Waals surface area contributed by atoms with Crippen molar-refractivity contribution in [1.82, 2.24) is 14.2 Å². The lowest BCUT2D eigenvalue weighted by molar-refractivity contribution is 0.594. The molecule has 0 unspecified atom stereocenters. The highest BCUT2D eigenvalue weighted by Crippen LogP contribution is 2.23. The Kier molecular flexibility index (Phi) is 5.28. The third-order valence-electron chi connectivity index (χ3n) is 4.75. The molecule has 9 heteroatoms. The van der Waals surface area contributed by atoms with Crippen molar-refractivity contribution in [3.05, 3.63) is 89.5 Å². The van der Waals surface area contributed by atoms with Gasteiger partial charge in [0.15, 0.2) is 5.65 Å². The van der Waals surface area contributed by atoms with E-state index in [0.717, 1.165) is 0 Å². The van der Waals surface area contributed by atoms with E-state index in [9.17, 15) is 13.2 Å². The Morgan fingerprint density at radius 3 is 2.53 bits per heavy atom. The molecule has 2 aromatic carbocycles. The van der Waals surface area contributed by atoms with Gasteiger partial charge in [-0.2, -0.15) is 0 Å². The summed E-state index contributed by atoms with van der Waals surface area (Å²) < 4.78 is 30.0. The minimum Gasteiger partial charge on any atom is -0.383 e. The van der Waals surface area contributed by atoms with Crippen LogP contribution in [0.25, 0.3) is 5.65 Å². The fourth-order valence-corrected chi connectivity index (χ4v) is 4.36. The molecule has 2 aromatic heterocycles. The number of rotatable bonds is 7. The second-order valence-electron chi connectivity index (χ2n) is 6.70. The fraction of sp³-hybridized carbons (Fsp3) is 0.143. The van der Waals surface area contributed by atoms with E-state index in [1.54, 1.807) is 66.9 Å². The topological polar surface area (TPSA) is 88.7 Å². The normalized spacial score (nSPS) is 11.5. The summed E-state index contributed by atoms with van der Waals surface area (Å²) in [6.45, 7) is 0.767. The van der Waals surface area contributed by atoms with Crippen molar-refractivity contribution in [2.45, 2.75) is 11.4 Å². The first kappa shape index (κ1) is 19.7. The van der Waals surface area contributed by atoms with Crippen LogP contribution in [0.5, 0.6) is 0 Å². The first-order valence-corrected chi connectivity index (χ1v) is 10.8. The van der Waals surface area contributed by atoms with Gasteiger partial charge >= 0.3 is 5.69 Å². The maximum Gasteiger partial charge on any atom is 0.350 e. The van der Waals surface area contributed by atoms with Crippen LogP contribution >= 0.6 is 0 Å². The number of nitrogens with zero attached hydrogens (tertiary/aromatic N) is 4. The zero-order valence-corrected chi connectivity index (χ0v) is 17.2. The van der Waals surface area contributed by atoms with E-state index in [0.29, 0.717) is 30.1 Å². The Morgan fingerprint density at radius 2 is 1.77 bits per heavy atom. The Morgan fingerprint density at radius 1 is 1.00 bits per heavy atom. The highest BCUT2D eigenvalue weighted by Gasteiger charge is 2.21. The smallest absolute Gasteiger partial charge is 0.350 e. The van der Waals surface area contributed by atoms with Crippen molar-refractivity contribution in [1.29, 1.82) is 0 Å². The quantitative estimate of drug-likeness (QED) is 0.493. The summed E-state index contributed by atoms with van der Waals surface area (Å²) in [6.07, 6.45) is 1.67. The van der Waals surface area contributed by atoms with Crippen LogP contribution in [0.1, 0.15) is 0 Å². The number of hydrogen-bond acceptors (Lipinski definition) is 5. The first-order valence-electron chi connectivity index (χ1n) is 9.39. The van der Waals surface area contributed by atoms with Gasteiger partial charge in [-0.05, 0) is 42.5 Å². The molecule has 8 nitrogen and oxygen atoms in total. The Labute approximate surface area is 174 Å². The second kappa shape index (κ2) is 8.03. The number of aromatic nitrogens is 3. The van der Waals surface area contributed by atoms with Gasteiger partial charge < -0.3 is 5.32 Å². The molecule has 0 bridgehead atoms. The summed E-state index contributed by atoms with van der Waals surface area (Å²) in [4.78, 5) is 12.5. The SMILES string of the molecule is CN(c1ccccc1)S(=O)(=O)c1cccc(NCCn2nc3ccccn3c2=O)c1. The molecular weight excluding hydrogens is 402 g/mol. The molecule has 0 radical (unpaired) electrons. The molecule has 0 aliphatic heterocycles. The van der Waals surface area contributed by atoms with E-state index in [4.69, 9.17) is 0 Å². The molecule has 0 aliphatic rings. The van der Waals surface area contributed by atoms with Gasteiger partial charge in [0.2, 0.25) is 0 Å². The van der Waals surface area contributed by atoms with Crippen LogP contribution in [0.2, 0.25) is 0 Å². The molecule has 0 spiro atoms. The number of benzene rings is 2. The molecule has 0 atom stereocenters. The van der Waals surface area contributed by atoms with Gasteiger partial charge in [-0.15, -0.1) is 5.10 Å². The predicted molar refractivity (Wildman–Crippen MR) is 116 cm³/mol. The van der Waals surface area contributed by atoms with E-state index in [1.807, 2.05) is 12.1 Å². The molecule has 154 valence electrons. The van der Waals surface area contributed by atoms with E-state index in [-0.39, 0.29) is 10.6 Å². The van der Waals surface area contributed by atoms with Crippen molar-refractivity contribution in [2.24, 2.45) is 0 Å². The summed E-state index contributed by atoms with van der Waals surface area (Å²) in [6, 6.07) is 20.9. The molecule has 4 aromatic rings. The monoisotopic (exact) mass is 423 g/mol. The number of para-hydroxylation sites is 1. The van der Waals surface area contributed by atoms with Crippen LogP contribution in [0.3, 0.4) is 0 Å². The summed E-state index contributed by atoms with van der Waals surface area (Å²) in [5.74, 6) is 0. The average molecular weight is 423 g/mol. The van der Waals surface area contributed by atoms with E-state index in [2.05, 4.69) is 10.4 Å². The van der Waals surface area contributed by atoms with Crippen LogP contribution < -0.4 is 15.3 Å². The van der Waals surface area contributed by atoms with E-state index < -0.39 is 10.0 Å². The van der Waals surface area contributed by atoms with Crippen molar-refractivity contribution < 1.29 is 8.42 Å². The number of hydrogen-bond donors (Lipinski definition) is 1. The molecule has 0 aliphatic carbocycles. The maximum absolute atomic E-state index is 13.0. The highest BCUT2D eigenvalue weighted by molar-refractivity contribution is 7.92. The Bertz CT molecular complexity index is 1330. The van der Waals surface area contributed by atoms with Crippen LogP contribution in [0.4, 0.5) is 11.4 Å². The van der Waals surface area contributed by atoms with Crippen LogP contribution in [-0.2, 0) is 16.6 Å². The molecule has 0 saturated heterocycles. The average Bonchev–Trinajstić information content (AvgIpc) is 3.10. The fourth-order valence-electron chi connectivity index (χ4n) is 3.12. The van der Waals surface area contributed by atoms with Crippen LogP contribution in [0.15, 0.2) is 88.7 Å². The van der Waals surface area contributed by atoms with Gasteiger partial charge in [0.1, 0.15) is 0 Å². The molecule has 4 rings (SSSR count). The number of fused-ring (bicyclic) bond motifs is 1. The van der Waals surface area contributed by atoms with Gasteiger partial charge in [0, 0.05) is 25.5 Å². The minimum atomic E-state index is -3.69. The minimum absolute atomic E-state index is 0.184. The summed E-state index contributed by atoms with van der Waals surface area (Å²) >= 11 is 0. The summed E-state index contributed by atoms with van der Waals surface area (Å²) in [5, 5.41) is 7.45. The zero-order chi connectivity index (χ0) is 21.1. The van der Waals surface area contributed by atoms with Crippen molar-refractivity contribution >= 4 is 27.0 Å². The number of sulfonamides is 1. The van der Waals surface area contributed by atoms with Crippen LogP contribution in [-0.4, -0.2) is 36.2 Å². The van der Waals surface area contributed by atoms with Crippen LogP contribution in [0, 0.1) is 0 Å². The standard InChI is InChI=1S/C21H21N5O3S/c1-24(18-9-3-2-4-10-18)30(28,29)19-11-7-8-17(16-19)22-13-15-26-21(27)25-14-6-5-12-20(25)23-26/h2-12,14,16,22H,13,15H2,1H3. The van der Waals surface area contributed by atoms with E-state index >= 15 is 0 Å². The van der Waals surface area contributed by atoms with Crippen molar-refractivity contribution in [3.63, 3.8) is 0 Å². The van der Waals surface area contributed by atoms with Crippen molar-refractivity contribution in [2.75, 3.05) is 23.2 Å². The van der Waals surface area contributed by atoms with Gasteiger partial charge in [0.25, 0.3) is 10.0 Å². The molecule has 30 heavy (non-hydrogen) atoms. The highest BCUT2D eigenvalue weighted by atomic mass is 32.2. The Balaban J connectivity index is 1.48. The van der Waals surface area contributed by atoms with Gasteiger partial charge in [-0.1, -0.05) is 30.3 Å². The molecule has 0 amide bonds. The third kappa shape index (κ3) is 3.79. The lowest BCUT2D eigenvalue weighted by Gasteiger charge is -2.20. The van der Waals surface area contributed by atoms with Crippen molar-refractivity contribution in [3.8, 4) is 0 Å². The largest absolute Gasteiger partial charge is 0.383 e. The molecule has 1 N–H and O–H groups in total. The lowest BCUT2D eigenvalue weighted by atomic mass is 10.3. The first-order chi connectivity index (χ1) is 14.5. The van der Waals surface area contributed by atoms with Gasteiger partial charge in [-0.3, -0.25) is 8.71 Å². The lowest BCUT2D eigenvalue weighted by Crippen LogP contribution is -2.26. The van der Waals surface area contributed by atoms with Gasteiger partial charge in [-0.25, -0.2) is 17.9 Å². The second-order valence-corrected chi connectivity index (χ2v) is 8.67. The predicted octanol–water partition coefficient (Wildman–Crippen LogP) is 2.43. The molecule has 2 heterocycles. The maximum atomic E-state index is 13.0. The number of pyridine rings is 1. The molecular formula is C21H21N5O3S. The summed E-state index contributed by atoms with van der Waals surface area (Å²) in [5.41, 5.74) is 1.60. The molecule has 0 fully saturated rings. The Hall–Kier alpha value is -3.59. The number of anilines is 2. The molecule has 0 saturated carbocycles. The summed E-state index contributed by atoms with van der Waals surface area (Å²) in [7, 11) is -2.16. The van der Waals surface area contributed by atoms with Gasteiger partial charge in [0.05, 0.1) is 17.1 Å². The third-order valence-corrected chi connectivity index (χ3v) is 6.53. The van der Waals surface area contributed by atoms with E-state index in [1.165, 1.54) is 20.4 Å².